The van der Waals surface area contributed by atoms with Crippen molar-refractivity contribution in [3.05, 3.63) is 58.3 Å². The van der Waals surface area contributed by atoms with Gasteiger partial charge in [-0.15, -0.1) is 11.3 Å². The summed E-state index contributed by atoms with van der Waals surface area (Å²) in [5.41, 5.74) is 1.17. The van der Waals surface area contributed by atoms with Crippen molar-refractivity contribution in [2.24, 2.45) is 4.40 Å². The van der Waals surface area contributed by atoms with E-state index >= 15 is 0 Å². The molecule has 2 heterocycles. The van der Waals surface area contributed by atoms with Crippen LogP contribution in [0.5, 0.6) is 0 Å². The monoisotopic (exact) mass is 275 g/mol. The number of hydrogen-bond acceptors (Lipinski definition) is 3. The van der Waals surface area contributed by atoms with Gasteiger partial charge < -0.3 is 0 Å². The molecule has 0 N–H and O–H groups in total. The van der Waals surface area contributed by atoms with Crippen LogP contribution < -0.4 is 0 Å². The van der Waals surface area contributed by atoms with Crippen LogP contribution in [0.1, 0.15) is 10.4 Å². The standard InChI is InChI=1S/C13H9NO2S2/c15-18(16)13-6-2-1-5-11(13)12(14-18)8-7-10-4-3-9-17-10/h1-9H/b8-7-. The highest BCUT2D eigenvalue weighted by Crippen LogP contribution is 2.26. The molecule has 0 aliphatic carbocycles. The predicted octanol–water partition coefficient (Wildman–Crippen LogP) is 2.95. The molecule has 18 heavy (non-hydrogen) atoms. The van der Waals surface area contributed by atoms with E-state index in [1.807, 2.05) is 29.7 Å². The van der Waals surface area contributed by atoms with Crippen molar-refractivity contribution in [2.75, 3.05) is 0 Å². The van der Waals surface area contributed by atoms with Crippen LogP contribution in [0.2, 0.25) is 0 Å². The Morgan fingerprint density at radius 1 is 1.06 bits per heavy atom. The minimum atomic E-state index is -3.51. The molecule has 5 heteroatoms. The molecular weight excluding hydrogens is 266 g/mol. The van der Waals surface area contributed by atoms with Gasteiger partial charge in [-0.25, -0.2) is 0 Å². The van der Waals surface area contributed by atoms with Gasteiger partial charge in [-0.2, -0.15) is 12.8 Å². The molecule has 3 rings (SSSR count). The van der Waals surface area contributed by atoms with Gasteiger partial charge in [0.1, 0.15) is 0 Å². The Morgan fingerprint density at radius 2 is 1.89 bits per heavy atom. The molecule has 0 bridgehead atoms. The number of allylic oxidation sites excluding steroid dienone is 1. The van der Waals surface area contributed by atoms with E-state index in [0.717, 1.165) is 4.88 Å². The molecule has 1 aliphatic rings. The van der Waals surface area contributed by atoms with Crippen molar-refractivity contribution in [1.29, 1.82) is 0 Å². The zero-order valence-corrected chi connectivity index (χ0v) is 10.9. The number of nitrogens with zero attached hydrogens (tertiary/aromatic N) is 1. The van der Waals surface area contributed by atoms with E-state index in [1.54, 1.807) is 35.6 Å². The maximum atomic E-state index is 11.8. The highest BCUT2D eigenvalue weighted by atomic mass is 32.2. The lowest BCUT2D eigenvalue weighted by atomic mass is 10.1. The summed E-state index contributed by atoms with van der Waals surface area (Å²) in [6, 6.07) is 10.8. The molecule has 2 aromatic rings. The van der Waals surface area contributed by atoms with Crippen molar-refractivity contribution < 1.29 is 8.42 Å². The fourth-order valence-electron chi connectivity index (χ4n) is 1.80. The zero-order chi connectivity index (χ0) is 12.6. The van der Waals surface area contributed by atoms with Gasteiger partial charge >= 0.3 is 0 Å². The molecule has 1 aromatic heterocycles. The van der Waals surface area contributed by atoms with Gasteiger partial charge in [-0.3, -0.25) is 0 Å². The summed E-state index contributed by atoms with van der Waals surface area (Å²) in [5, 5.41) is 1.97. The van der Waals surface area contributed by atoms with E-state index in [-0.39, 0.29) is 4.90 Å². The fourth-order valence-corrected chi connectivity index (χ4v) is 3.63. The Labute approximate surface area is 109 Å². The first-order valence-electron chi connectivity index (χ1n) is 5.33. The van der Waals surface area contributed by atoms with Crippen molar-refractivity contribution >= 4 is 33.1 Å². The summed E-state index contributed by atoms with van der Waals surface area (Å²) in [7, 11) is -3.51. The highest BCUT2D eigenvalue weighted by molar-refractivity contribution is 7.90. The molecule has 90 valence electrons. The van der Waals surface area contributed by atoms with Gasteiger partial charge in [-0.1, -0.05) is 24.3 Å². The van der Waals surface area contributed by atoms with Crippen LogP contribution >= 0.6 is 11.3 Å². The molecule has 0 atom stereocenters. The van der Waals surface area contributed by atoms with E-state index in [9.17, 15) is 8.42 Å². The molecule has 0 saturated carbocycles. The van der Waals surface area contributed by atoms with Crippen LogP contribution in [0.3, 0.4) is 0 Å². The number of benzene rings is 1. The second-order valence-electron chi connectivity index (χ2n) is 3.80. The molecule has 0 spiro atoms. The first-order valence-corrected chi connectivity index (χ1v) is 7.65. The normalized spacial score (nSPS) is 16.8. The van der Waals surface area contributed by atoms with E-state index < -0.39 is 10.0 Å². The number of rotatable bonds is 2. The topological polar surface area (TPSA) is 46.5 Å². The van der Waals surface area contributed by atoms with Crippen molar-refractivity contribution in [2.45, 2.75) is 4.90 Å². The summed E-state index contributed by atoms with van der Waals surface area (Å²) in [6.45, 7) is 0. The van der Waals surface area contributed by atoms with Crippen LogP contribution in [-0.2, 0) is 10.0 Å². The van der Waals surface area contributed by atoms with Gasteiger partial charge in [0.05, 0.1) is 10.6 Å². The van der Waals surface area contributed by atoms with Crippen LogP contribution in [0.25, 0.3) is 6.08 Å². The van der Waals surface area contributed by atoms with Crippen LogP contribution in [0, 0.1) is 0 Å². The lowest BCUT2D eigenvalue weighted by molar-refractivity contribution is 0.599. The SMILES string of the molecule is O=S1(=O)N=C(/C=C\c2cccs2)c2ccccc21. The zero-order valence-electron chi connectivity index (χ0n) is 9.28. The average Bonchev–Trinajstić information content (AvgIpc) is 2.95. The molecule has 0 unspecified atom stereocenters. The van der Waals surface area contributed by atoms with Crippen molar-refractivity contribution in [1.82, 2.24) is 0 Å². The maximum Gasteiger partial charge on any atom is 0.283 e. The van der Waals surface area contributed by atoms with E-state index in [1.165, 1.54) is 0 Å². The van der Waals surface area contributed by atoms with Gasteiger partial charge in [0.2, 0.25) is 0 Å². The largest absolute Gasteiger partial charge is 0.283 e. The van der Waals surface area contributed by atoms with Gasteiger partial charge in [0.25, 0.3) is 10.0 Å². The predicted molar refractivity (Wildman–Crippen MR) is 73.5 cm³/mol. The quantitative estimate of drug-likeness (QED) is 0.846. The first-order chi connectivity index (χ1) is 8.67. The minimum absolute atomic E-state index is 0.288. The summed E-state index contributed by atoms with van der Waals surface area (Å²) in [5.74, 6) is 0. The molecule has 0 radical (unpaired) electrons. The smallest absolute Gasteiger partial charge is 0.199 e. The van der Waals surface area contributed by atoms with Gasteiger partial charge in [0.15, 0.2) is 0 Å². The third kappa shape index (κ3) is 1.91. The molecule has 1 aromatic carbocycles. The van der Waals surface area contributed by atoms with Crippen molar-refractivity contribution in [3.63, 3.8) is 0 Å². The van der Waals surface area contributed by atoms with E-state index in [4.69, 9.17) is 0 Å². The number of fused-ring (bicyclic) bond motifs is 1. The molecule has 3 nitrogen and oxygen atoms in total. The second-order valence-corrected chi connectivity index (χ2v) is 6.35. The third-order valence-electron chi connectivity index (χ3n) is 2.61. The van der Waals surface area contributed by atoms with Gasteiger partial charge in [0, 0.05) is 10.4 Å². The van der Waals surface area contributed by atoms with Crippen LogP contribution in [0.4, 0.5) is 0 Å². The number of thiophene rings is 1. The van der Waals surface area contributed by atoms with Crippen LogP contribution in [-0.4, -0.2) is 14.1 Å². The number of hydrogen-bond donors (Lipinski definition) is 0. The lowest BCUT2D eigenvalue weighted by Crippen LogP contribution is -1.93. The minimum Gasteiger partial charge on any atom is -0.199 e. The van der Waals surface area contributed by atoms with E-state index in [2.05, 4.69) is 4.40 Å². The molecule has 1 aliphatic heterocycles. The third-order valence-corrected chi connectivity index (χ3v) is 4.79. The summed E-state index contributed by atoms with van der Waals surface area (Å²) >= 11 is 1.60. The second kappa shape index (κ2) is 4.19. The molecular formula is C13H9NO2S2. The Balaban J connectivity index is 2.05. The summed E-state index contributed by atoms with van der Waals surface area (Å²) < 4.78 is 27.4. The average molecular weight is 275 g/mol. The van der Waals surface area contributed by atoms with Crippen molar-refractivity contribution in [3.8, 4) is 0 Å². The Morgan fingerprint density at radius 3 is 2.67 bits per heavy atom. The van der Waals surface area contributed by atoms with E-state index in [0.29, 0.717) is 11.3 Å². The Hall–Kier alpha value is -1.72. The highest BCUT2D eigenvalue weighted by Gasteiger charge is 2.26. The molecule has 0 saturated heterocycles. The Bertz CT molecular complexity index is 741. The maximum absolute atomic E-state index is 11.8. The van der Waals surface area contributed by atoms with Gasteiger partial charge in [-0.05, 0) is 29.7 Å². The Kier molecular flexibility index (Phi) is 2.65. The van der Waals surface area contributed by atoms with Crippen LogP contribution in [0.15, 0.2) is 57.1 Å². The fraction of sp³-hybridized carbons (Fsp3) is 0. The lowest BCUT2D eigenvalue weighted by Gasteiger charge is -1.95. The molecule has 0 fully saturated rings. The molecule has 0 amide bonds. The summed E-state index contributed by atoms with van der Waals surface area (Å²) in [4.78, 5) is 1.36. The number of sulfonamides is 1. The summed E-state index contributed by atoms with van der Waals surface area (Å²) in [6.07, 6.45) is 3.62. The first kappa shape index (κ1) is 11.4.